The van der Waals surface area contributed by atoms with Crippen molar-refractivity contribution in [2.24, 2.45) is 0 Å². The molecular formula is C15H19N7. The number of benzene rings is 1. The van der Waals surface area contributed by atoms with Crippen LogP contribution in [-0.2, 0) is 0 Å². The highest BCUT2D eigenvalue weighted by Crippen LogP contribution is 2.27. The fraction of sp³-hybridized carbons (Fsp3) is 0.267. The van der Waals surface area contributed by atoms with Crippen LogP contribution in [0, 0.1) is 0 Å². The van der Waals surface area contributed by atoms with Crippen molar-refractivity contribution >= 4 is 28.5 Å². The smallest absolute Gasteiger partial charge is 0.222 e. The van der Waals surface area contributed by atoms with Crippen LogP contribution in [0.2, 0.25) is 0 Å². The van der Waals surface area contributed by atoms with Crippen molar-refractivity contribution in [1.82, 2.24) is 20.2 Å². The molecule has 0 fully saturated rings. The lowest BCUT2D eigenvalue weighted by molar-refractivity contribution is 0.630. The highest BCUT2D eigenvalue weighted by molar-refractivity contribution is 5.91. The summed E-state index contributed by atoms with van der Waals surface area (Å²) in [6.07, 6.45) is 0. The Morgan fingerprint density at radius 3 is 2.59 bits per heavy atom. The number of nitrogens with zero attached hydrogens (tertiary/aromatic N) is 3. The summed E-state index contributed by atoms with van der Waals surface area (Å²) in [6, 6.07) is 7.68. The zero-order chi connectivity index (χ0) is 15.9. The molecule has 7 nitrogen and oxygen atoms in total. The third-order valence-electron chi connectivity index (χ3n) is 3.13. The summed E-state index contributed by atoms with van der Waals surface area (Å²) >= 11 is 0. The minimum atomic E-state index is -0.111. The van der Waals surface area contributed by atoms with Gasteiger partial charge in [0.25, 0.3) is 0 Å². The predicted octanol–water partition coefficient (Wildman–Crippen LogP) is 2.39. The van der Waals surface area contributed by atoms with Crippen LogP contribution in [0.15, 0.2) is 24.3 Å². The van der Waals surface area contributed by atoms with Gasteiger partial charge in [0.2, 0.25) is 5.95 Å². The van der Waals surface area contributed by atoms with E-state index >= 15 is 0 Å². The minimum Gasteiger partial charge on any atom is -0.382 e. The van der Waals surface area contributed by atoms with Crippen LogP contribution in [0.1, 0.15) is 20.8 Å². The topological polar surface area (TPSA) is 119 Å². The third-order valence-corrected chi connectivity index (χ3v) is 3.13. The molecule has 7 heteroatoms. The first-order valence-corrected chi connectivity index (χ1v) is 6.98. The Morgan fingerprint density at radius 2 is 1.86 bits per heavy atom. The van der Waals surface area contributed by atoms with Crippen LogP contribution in [0.25, 0.3) is 22.2 Å². The zero-order valence-electron chi connectivity index (χ0n) is 12.8. The van der Waals surface area contributed by atoms with E-state index in [-0.39, 0.29) is 11.5 Å². The zero-order valence-corrected chi connectivity index (χ0v) is 12.8. The molecule has 2 heterocycles. The molecule has 0 amide bonds. The van der Waals surface area contributed by atoms with Gasteiger partial charge in [-0.1, -0.05) is 6.07 Å². The van der Waals surface area contributed by atoms with Crippen molar-refractivity contribution in [2.75, 3.05) is 16.8 Å². The average Bonchev–Trinajstić information content (AvgIpc) is 2.77. The Bertz CT molecular complexity index is 830. The first-order chi connectivity index (χ1) is 10.3. The summed E-state index contributed by atoms with van der Waals surface area (Å²) in [5.74, 6) is 1.41. The molecule has 6 N–H and O–H groups in total. The molecule has 0 aliphatic rings. The first kappa shape index (κ1) is 14.1. The van der Waals surface area contributed by atoms with Gasteiger partial charge in [-0.3, -0.25) is 5.10 Å². The molecular weight excluding hydrogens is 278 g/mol. The quantitative estimate of drug-likeness (QED) is 0.576. The Hall–Kier alpha value is -2.83. The number of rotatable bonds is 2. The number of fused-ring (bicyclic) bond motifs is 1. The van der Waals surface area contributed by atoms with Crippen molar-refractivity contribution in [3.63, 3.8) is 0 Å². The summed E-state index contributed by atoms with van der Waals surface area (Å²) in [7, 11) is 0. The van der Waals surface area contributed by atoms with E-state index in [1.807, 2.05) is 24.3 Å². The lowest BCUT2D eigenvalue weighted by atomic mass is 10.1. The SMILES string of the molecule is CC(C)(C)Nc1cc(-c2ccc3c(N)n[nH]c3c2)nc(N)n1. The van der Waals surface area contributed by atoms with E-state index in [1.54, 1.807) is 0 Å². The van der Waals surface area contributed by atoms with E-state index in [4.69, 9.17) is 11.5 Å². The summed E-state index contributed by atoms with van der Waals surface area (Å²) in [5.41, 5.74) is 14.0. The molecule has 0 aliphatic carbocycles. The first-order valence-electron chi connectivity index (χ1n) is 6.98. The van der Waals surface area contributed by atoms with E-state index in [9.17, 15) is 0 Å². The molecule has 0 bridgehead atoms. The maximum atomic E-state index is 5.83. The molecule has 0 unspecified atom stereocenters. The van der Waals surface area contributed by atoms with Crippen LogP contribution in [0.4, 0.5) is 17.6 Å². The van der Waals surface area contributed by atoms with Gasteiger partial charge in [-0.15, -0.1) is 0 Å². The van der Waals surface area contributed by atoms with Crippen LogP contribution in [0.3, 0.4) is 0 Å². The maximum absolute atomic E-state index is 5.83. The van der Waals surface area contributed by atoms with Gasteiger partial charge in [0, 0.05) is 22.6 Å². The Balaban J connectivity index is 2.05. The molecule has 0 radical (unpaired) electrons. The van der Waals surface area contributed by atoms with Gasteiger partial charge in [-0.05, 0) is 32.9 Å². The van der Waals surface area contributed by atoms with E-state index in [0.29, 0.717) is 11.6 Å². The standard InChI is InChI=1S/C15H19N7/c1-15(2,3)20-12-7-10(18-14(17)19-12)8-4-5-9-11(6-8)21-22-13(9)16/h4-7H,1-3H3,(H3,16,21,22)(H3,17,18,19,20). The molecule has 1 aromatic carbocycles. The molecule has 0 atom stereocenters. The Kier molecular flexibility index (Phi) is 3.13. The number of aromatic nitrogens is 4. The second-order valence-electron chi connectivity index (χ2n) is 6.24. The third kappa shape index (κ3) is 2.78. The average molecular weight is 297 g/mol. The van der Waals surface area contributed by atoms with Crippen molar-refractivity contribution in [2.45, 2.75) is 26.3 Å². The fourth-order valence-corrected chi connectivity index (χ4v) is 2.26. The molecule has 0 saturated carbocycles. The van der Waals surface area contributed by atoms with Gasteiger partial charge >= 0.3 is 0 Å². The Labute approximate surface area is 128 Å². The van der Waals surface area contributed by atoms with Crippen molar-refractivity contribution in [3.8, 4) is 11.3 Å². The molecule has 114 valence electrons. The molecule has 3 aromatic rings. The van der Waals surface area contributed by atoms with E-state index in [1.165, 1.54) is 0 Å². The van der Waals surface area contributed by atoms with Gasteiger partial charge in [0.1, 0.15) is 5.82 Å². The van der Waals surface area contributed by atoms with Crippen LogP contribution < -0.4 is 16.8 Å². The largest absolute Gasteiger partial charge is 0.382 e. The number of nitrogens with two attached hydrogens (primary N) is 2. The van der Waals surface area contributed by atoms with Crippen molar-refractivity contribution < 1.29 is 0 Å². The molecule has 0 spiro atoms. The molecule has 0 aliphatic heterocycles. The fourth-order valence-electron chi connectivity index (χ4n) is 2.26. The van der Waals surface area contributed by atoms with E-state index in [2.05, 4.69) is 46.3 Å². The normalized spacial score (nSPS) is 11.8. The van der Waals surface area contributed by atoms with Gasteiger partial charge < -0.3 is 16.8 Å². The van der Waals surface area contributed by atoms with Crippen molar-refractivity contribution in [1.29, 1.82) is 0 Å². The van der Waals surface area contributed by atoms with Gasteiger partial charge in [0.15, 0.2) is 5.82 Å². The number of H-pyrrole nitrogens is 1. The summed E-state index contributed by atoms with van der Waals surface area (Å²) in [4.78, 5) is 8.54. The minimum absolute atomic E-state index is 0.111. The lowest BCUT2D eigenvalue weighted by Gasteiger charge is -2.21. The summed E-state index contributed by atoms with van der Waals surface area (Å²) < 4.78 is 0. The van der Waals surface area contributed by atoms with E-state index in [0.717, 1.165) is 22.2 Å². The van der Waals surface area contributed by atoms with Crippen LogP contribution in [0.5, 0.6) is 0 Å². The monoisotopic (exact) mass is 297 g/mol. The van der Waals surface area contributed by atoms with Crippen LogP contribution in [-0.4, -0.2) is 25.7 Å². The number of aromatic amines is 1. The van der Waals surface area contributed by atoms with Gasteiger partial charge in [-0.25, -0.2) is 4.98 Å². The van der Waals surface area contributed by atoms with Crippen LogP contribution >= 0.6 is 0 Å². The molecule has 22 heavy (non-hydrogen) atoms. The Morgan fingerprint density at radius 1 is 1.09 bits per heavy atom. The second kappa shape index (κ2) is 4.87. The summed E-state index contributed by atoms with van der Waals surface area (Å²) in [6.45, 7) is 6.18. The number of hydrogen-bond acceptors (Lipinski definition) is 6. The van der Waals surface area contributed by atoms with E-state index < -0.39 is 0 Å². The van der Waals surface area contributed by atoms with Gasteiger partial charge in [0.05, 0.1) is 11.2 Å². The van der Waals surface area contributed by atoms with Gasteiger partial charge in [-0.2, -0.15) is 10.1 Å². The molecule has 2 aromatic heterocycles. The number of hydrogen-bond donors (Lipinski definition) is 4. The maximum Gasteiger partial charge on any atom is 0.222 e. The number of nitrogen functional groups attached to an aromatic ring is 2. The molecule has 0 saturated heterocycles. The molecule has 3 rings (SSSR count). The number of anilines is 3. The number of nitrogens with one attached hydrogen (secondary N) is 2. The second-order valence-corrected chi connectivity index (χ2v) is 6.24. The highest BCUT2D eigenvalue weighted by atomic mass is 15.2. The lowest BCUT2D eigenvalue weighted by Crippen LogP contribution is -2.27. The predicted molar refractivity (Wildman–Crippen MR) is 89.3 cm³/mol. The highest BCUT2D eigenvalue weighted by Gasteiger charge is 2.13. The van der Waals surface area contributed by atoms with Crippen molar-refractivity contribution in [3.05, 3.63) is 24.3 Å². The summed E-state index contributed by atoms with van der Waals surface area (Å²) in [5, 5.41) is 11.1.